The number of phenolic OH excluding ortho intramolecular Hbond substituents is 1. The van der Waals surface area contributed by atoms with Gasteiger partial charge in [-0.25, -0.2) is 0 Å². The summed E-state index contributed by atoms with van der Waals surface area (Å²) in [4.78, 5) is -1.25. The van der Waals surface area contributed by atoms with Crippen molar-refractivity contribution in [3.05, 3.63) is 42.5 Å². The van der Waals surface area contributed by atoms with Crippen LogP contribution in [0.1, 0.15) is 0 Å². The molecule has 2 rings (SSSR count). The average molecular weight is 330 g/mol. The lowest BCUT2D eigenvalue weighted by atomic mass is 10.0. The van der Waals surface area contributed by atoms with Gasteiger partial charge in [-0.05, 0) is 18.2 Å². The molecule has 0 fully saturated rings. The highest BCUT2D eigenvalue weighted by Crippen LogP contribution is 2.38. The predicted octanol–water partition coefficient (Wildman–Crippen LogP) is 1.55. The normalized spacial score (nSPS) is 12.3. The highest BCUT2D eigenvalue weighted by Gasteiger charge is 2.24. The highest BCUT2D eigenvalue weighted by atomic mass is 32.2. The van der Waals surface area contributed by atoms with Crippen molar-refractivity contribution in [1.82, 2.24) is 0 Å². The molecule has 0 spiro atoms. The Hall–Kier alpha value is -1.94. The van der Waals surface area contributed by atoms with Gasteiger partial charge in [0.05, 0.1) is 0 Å². The number of aromatic hydroxyl groups is 1. The van der Waals surface area contributed by atoms with E-state index in [4.69, 9.17) is 0 Å². The second-order valence-electron chi connectivity index (χ2n) is 4.10. The van der Waals surface area contributed by atoms with E-state index in [1.54, 1.807) is 0 Å². The number of rotatable bonds is 3. The van der Waals surface area contributed by atoms with E-state index in [2.05, 4.69) is 0 Å². The van der Waals surface area contributed by atoms with Crippen molar-refractivity contribution in [2.24, 2.45) is 0 Å². The second kappa shape index (κ2) is 5.11. The van der Waals surface area contributed by atoms with Gasteiger partial charge in [-0.3, -0.25) is 9.11 Å². The third-order valence-corrected chi connectivity index (χ3v) is 4.52. The molecule has 3 N–H and O–H groups in total. The van der Waals surface area contributed by atoms with Gasteiger partial charge in [0.2, 0.25) is 0 Å². The molecule has 0 heterocycles. The van der Waals surface area contributed by atoms with E-state index >= 15 is 0 Å². The molecular formula is C12H10O7S2. The summed E-state index contributed by atoms with van der Waals surface area (Å²) in [6.07, 6.45) is 0. The van der Waals surface area contributed by atoms with Crippen LogP contribution in [-0.2, 0) is 20.2 Å². The van der Waals surface area contributed by atoms with E-state index in [1.807, 2.05) is 0 Å². The first-order valence-electron chi connectivity index (χ1n) is 5.49. The molecule has 0 saturated carbocycles. The van der Waals surface area contributed by atoms with Gasteiger partial charge in [-0.1, -0.05) is 24.3 Å². The first-order chi connectivity index (χ1) is 9.62. The maximum absolute atomic E-state index is 11.4. The Balaban J connectivity index is 2.94. The minimum atomic E-state index is -4.70. The Labute approximate surface area is 121 Å². The third kappa shape index (κ3) is 3.05. The molecule has 2 aromatic carbocycles. The van der Waals surface area contributed by atoms with Gasteiger partial charge in [0.25, 0.3) is 20.2 Å². The van der Waals surface area contributed by atoms with E-state index in [9.17, 15) is 31.0 Å². The lowest BCUT2D eigenvalue weighted by Crippen LogP contribution is -2.05. The van der Waals surface area contributed by atoms with Crippen molar-refractivity contribution in [3.8, 4) is 16.9 Å². The van der Waals surface area contributed by atoms with Crippen molar-refractivity contribution in [2.45, 2.75) is 9.79 Å². The van der Waals surface area contributed by atoms with Crippen molar-refractivity contribution >= 4 is 20.2 Å². The smallest absolute Gasteiger partial charge is 0.295 e. The van der Waals surface area contributed by atoms with Gasteiger partial charge in [0.1, 0.15) is 15.5 Å². The van der Waals surface area contributed by atoms with Crippen molar-refractivity contribution in [3.63, 3.8) is 0 Å². The summed E-state index contributed by atoms with van der Waals surface area (Å²) in [7, 11) is -9.35. The number of hydrogen-bond donors (Lipinski definition) is 3. The molecule has 2 aromatic rings. The Bertz CT molecular complexity index is 899. The van der Waals surface area contributed by atoms with Gasteiger partial charge in [0.15, 0.2) is 0 Å². The van der Waals surface area contributed by atoms with Crippen LogP contribution in [0.2, 0.25) is 0 Å². The summed E-state index contributed by atoms with van der Waals surface area (Å²) in [5, 5.41) is 9.85. The van der Waals surface area contributed by atoms with Crippen LogP contribution in [-0.4, -0.2) is 31.0 Å². The highest BCUT2D eigenvalue weighted by molar-refractivity contribution is 7.86. The van der Waals surface area contributed by atoms with E-state index < -0.39 is 41.3 Å². The molecule has 112 valence electrons. The van der Waals surface area contributed by atoms with Crippen molar-refractivity contribution < 1.29 is 31.0 Å². The maximum Gasteiger partial charge on any atom is 0.295 e. The van der Waals surface area contributed by atoms with E-state index in [0.717, 1.165) is 18.2 Å². The number of benzene rings is 2. The van der Waals surface area contributed by atoms with Gasteiger partial charge < -0.3 is 5.11 Å². The van der Waals surface area contributed by atoms with Gasteiger partial charge in [-0.2, -0.15) is 16.8 Å². The monoisotopic (exact) mass is 330 g/mol. The van der Waals surface area contributed by atoms with Crippen LogP contribution in [0.25, 0.3) is 11.1 Å². The van der Waals surface area contributed by atoms with Gasteiger partial charge in [-0.15, -0.1) is 0 Å². The maximum atomic E-state index is 11.4. The molecule has 0 radical (unpaired) electrons. The van der Waals surface area contributed by atoms with E-state index in [-0.39, 0.29) is 5.56 Å². The first kappa shape index (κ1) is 15.4. The second-order valence-corrected chi connectivity index (χ2v) is 6.88. The third-order valence-electron chi connectivity index (χ3n) is 2.72. The Kier molecular flexibility index (Phi) is 3.76. The lowest BCUT2D eigenvalue weighted by Gasteiger charge is -2.12. The van der Waals surface area contributed by atoms with Crippen LogP contribution in [0.3, 0.4) is 0 Å². The summed E-state index contributed by atoms with van der Waals surface area (Å²) >= 11 is 0. The van der Waals surface area contributed by atoms with Gasteiger partial charge >= 0.3 is 0 Å². The molecule has 7 nitrogen and oxygen atoms in total. The molecule has 0 amide bonds. The van der Waals surface area contributed by atoms with E-state index in [1.165, 1.54) is 24.3 Å². The molecule has 0 bridgehead atoms. The minimum Gasteiger partial charge on any atom is -0.507 e. The summed E-state index contributed by atoms with van der Waals surface area (Å²) in [5.41, 5.74) is -0.654. The molecule has 21 heavy (non-hydrogen) atoms. The SMILES string of the molecule is O=S(=O)(O)c1ccccc1-c1c(O)cccc1S(=O)(=O)O. The fourth-order valence-corrected chi connectivity index (χ4v) is 3.32. The summed E-state index contributed by atoms with van der Waals surface area (Å²) < 4.78 is 63.9. The summed E-state index contributed by atoms with van der Waals surface area (Å²) in [6, 6.07) is 8.27. The zero-order valence-corrected chi connectivity index (χ0v) is 12.0. The molecule has 0 aliphatic carbocycles. The van der Waals surface area contributed by atoms with Crippen molar-refractivity contribution in [1.29, 1.82) is 0 Å². The molecule has 0 aromatic heterocycles. The molecule has 0 aliphatic heterocycles. The van der Waals surface area contributed by atoms with Crippen molar-refractivity contribution in [2.75, 3.05) is 0 Å². The molecule has 0 saturated heterocycles. The lowest BCUT2D eigenvalue weighted by molar-refractivity contribution is 0.467. The van der Waals surface area contributed by atoms with Gasteiger partial charge in [0, 0.05) is 11.1 Å². The van der Waals surface area contributed by atoms with Crippen LogP contribution < -0.4 is 0 Å². The Morgan fingerprint density at radius 2 is 1.24 bits per heavy atom. The Morgan fingerprint density at radius 3 is 1.81 bits per heavy atom. The van der Waals surface area contributed by atoms with E-state index in [0.29, 0.717) is 0 Å². The standard InChI is InChI=1S/C12H10O7S2/c13-9-5-3-7-11(21(17,18)19)12(9)8-4-1-2-6-10(8)20(14,15)16/h1-7,13H,(H,14,15,16)(H,17,18,19). The zero-order valence-electron chi connectivity index (χ0n) is 10.3. The number of hydrogen-bond acceptors (Lipinski definition) is 5. The van der Waals surface area contributed by atoms with Crippen LogP contribution in [0, 0.1) is 0 Å². The van der Waals surface area contributed by atoms with Crippen LogP contribution in [0.5, 0.6) is 5.75 Å². The fourth-order valence-electron chi connectivity index (χ4n) is 1.90. The quantitative estimate of drug-likeness (QED) is 0.728. The summed E-state index contributed by atoms with van der Waals surface area (Å²) in [5.74, 6) is -0.554. The molecule has 9 heteroatoms. The fraction of sp³-hybridized carbons (Fsp3) is 0. The minimum absolute atomic E-state index is 0.245. The zero-order chi connectivity index (χ0) is 15.8. The van der Waals surface area contributed by atoms with Crippen LogP contribution in [0.4, 0.5) is 0 Å². The summed E-state index contributed by atoms with van der Waals surface area (Å²) in [6.45, 7) is 0. The molecule has 0 atom stereocenters. The van der Waals surface area contributed by atoms with Crippen LogP contribution >= 0.6 is 0 Å². The average Bonchev–Trinajstić information content (AvgIpc) is 2.36. The topological polar surface area (TPSA) is 129 Å². The molecule has 0 unspecified atom stereocenters. The molecular weight excluding hydrogens is 320 g/mol. The molecule has 0 aliphatic rings. The largest absolute Gasteiger partial charge is 0.507 e. The first-order valence-corrected chi connectivity index (χ1v) is 8.37. The van der Waals surface area contributed by atoms with Crippen LogP contribution in [0.15, 0.2) is 52.3 Å². The Morgan fingerprint density at radius 1 is 0.714 bits per heavy atom. The predicted molar refractivity (Wildman–Crippen MR) is 73.2 cm³/mol. The number of phenols is 1.